The normalized spacial score (nSPS) is 15.2. The van der Waals surface area contributed by atoms with Crippen LogP contribution in [0.5, 0.6) is 17.2 Å². The lowest BCUT2D eigenvalue weighted by Gasteiger charge is -2.35. The van der Waals surface area contributed by atoms with Crippen molar-refractivity contribution in [3.63, 3.8) is 0 Å². The van der Waals surface area contributed by atoms with Crippen LogP contribution in [0.3, 0.4) is 0 Å². The Morgan fingerprint density at radius 2 is 1.67 bits per heavy atom. The zero-order chi connectivity index (χ0) is 21.3. The van der Waals surface area contributed by atoms with Crippen molar-refractivity contribution in [2.45, 2.75) is 6.23 Å². The van der Waals surface area contributed by atoms with Crippen molar-refractivity contribution in [3.05, 3.63) is 89.2 Å². The molecule has 0 fully saturated rings. The topological polar surface area (TPSA) is 65.1 Å². The summed E-state index contributed by atoms with van der Waals surface area (Å²) in [5, 5.41) is 0. The molecule has 4 rings (SSSR count). The fourth-order valence-corrected chi connectivity index (χ4v) is 3.31. The van der Waals surface area contributed by atoms with Crippen LogP contribution in [-0.2, 0) is 0 Å². The Hall–Kier alpha value is -3.87. The number of para-hydroxylation sites is 1. The molecule has 1 aliphatic rings. The lowest BCUT2D eigenvalue weighted by atomic mass is 10.0. The highest BCUT2D eigenvalue weighted by Gasteiger charge is 2.39. The first-order valence-electron chi connectivity index (χ1n) is 9.14. The summed E-state index contributed by atoms with van der Waals surface area (Å²) in [6.07, 6.45) is -1.04. The van der Waals surface area contributed by atoms with Crippen molar-refractivity contribution >= 4 is 11.8 Å². The summed E-state index contributed by atoms with van der Waals surface area (Å²) in [7, 11) is 3.00. The third-order valence-electron chi connectivity index (χ3n) is 4.81. The highest BCUT2D eigenvalue weighted by molar-refractivity contribution is 6.12. The standard InChI is InChI=1S/C23H18FNO5/c1-28-19-12-9-15(13-20(19)29-2)23-25(21(26)14-7-10-16(24)11-8-14)22(27)17-5-3-4-6-18(17)30-23/h3-13,23H,1-2H3/t23-/m1/s1. The molecule has 0 radical (unpaired) electrons. The number of hydrogen-bond acceptors (Lipinski definition) is 5. The van der Waals surface area contributed by atoms with Crippen LogP contribution in [0.2, 0.25) is 0 Å². The molecule has 0 aliphatic carbocycles. The highest BCUT2D eigenvalue weighted by Crippen LogP contribution is 2.38. The minimum absolute atomic E-state index is 0.165. The maximum Gasteiger partial charge on any atom is 0.267 e. The lowest BCUT2D eigenvalue weighted by molar-refractivity contribution is 0.0107. The number of halogens is 1. The van der Waals surface area contributed by atoms with E-state index in [1.165, 1.54) is 38.5 Å². The smallest absolute Gasteiger partial charge is 0.267 e. The van der Waals surface area contributed by atoms with Crippen molar-refractivity contribution < 1.29 is 28.2 Å². The third kappa shape index (κ3) is 3.34. The average Bonchev–Trinajstić information content (AvgIpc) is 2.78. The number of nitrogens with zero attached hydrogens (tertiary/aromatic N) is 1. The Labute approximate surface area is 172 Å². The van der Waals surface area contributed by atoms with Crippen molar-refractivity contribution in [1.82, 2.24) is 4.90 Å². The number of benzene rings is 3. The molecular formula is C23H18FNO5. The second kappa shape index (κ2) is 7.87. The number of carbonyl (C=O) groups excluding carboxylic acids is 2. The number of ether oxygens (including phenoxy) is 3. The lowest BCUT2D eigenvalue weighted by Crippen LogP contribution is -2.45. The summed E-state index contributed by atoms with van der Waals surface area (Å²) in [5.41, 5.74) is 0.953. The number of methoxy groups -OCH3 is 2. The van der Waals surface area contributed by atoms with E-state index in [0.29, 0.717) is 22.8 Å². The van der Waals surface area contributed by atoms with Crippen LogP contribution >= 0.6 is 0 Å². The minimum atomic E-state index is -1.04. The maximum atomic E-state index is 13.3. The molecule has 1 heterocycles. The van der Waals surface area contributed by atoms with E-state index >= 15 is 0 Å². The zero-order valence-corrected chi connectivity index (χ0v) is 16.3. The fraction of sp³-hybridized carbons (Fsp3) is 0.130. The molecule has 30 heavy (non-hydrogen) atoms. The van der Waals surface area contributed by atoms with E-state index in [1.807, 2.05) is 0 Å². The molecule has 0 spiro atoms. The first-order chi connectivity index (χ1) is 14.5. The van der Waals surface area contributed by atoms with Crippen LogP contribution in [0.1, 0.15) is 32.5 Å². The Morgan fingerprint density at radius 3 is 2.37 bits per heavy atom. The Balaban J connectivity index is 1.82. The van der Waals surface area contributed by atoms with E-state index in [1.54, 1.807) is 42.5 Å². The molecule has 0 N–H and O–H groups in total. The summed E-state index contributed by atoms with van der Waals surface area (Å²) in [6, 6.07) is 16.7. The summed E-state index contributed by atoms with van der Waals surface area (Å²) in [4.78, 5) is 27.5. The van der Waals surface area contributed by atoms with Crippen molar-refractivity contribution in [1.29, 1.82) is 0 Å². The molecule has 0 saturated carbocycles. The molecule has 6 nitrogen and oxygen atoms in total. The number of rotatable bonds is 4. The fourth-order valence-electron chi connectivity index (χ4n) is 3.31. The SMILES string of the molecule is COc1ccc([C@H]2Oc3ccccc3C(=O)N2C(=O)c2ccc(F)cc2)cc1OC. The van der Waals surface area contributed by atoms with E-state index in [2.05, 4.69) is 0 Å². The quantitative estimate of drug-likeness (QED) is 0.606. The van der Waals surface area contributed by atoms with Crippen LogP contribution in [0.4, 0.5) is 4.39 Å². The molecule has 0 saturated heterocycles. The van der Waals surface area contributed by atoms with Gasteiger partial charge in [-0.3, -0.25) is 9.59 Å². The maximum absolute atomic E-state index is 13.3. The molecule has 0 unspecified atom stereocenters. The van der Waals surface area contributed by atoms with Crippen LogP contribution in [0, 0.1) is 5.82 Å². The minimum Gasteiger partial charge on any atom is -0.493 e. The van der Waals surface area contributed by atoms with Gasteiger partial charge < -0.3 is 14.2 Å². The van der Waals surface area contributed by atoms with Gasteiger partial charge in [0.15, 0.2) is 11.5 Å². The molecule has 3 aromatic rings. The molecular weight excluding hydrogens is 389 g/mol. The van der Waals surface area contributed by atoms with Crippen molar-refractivity contribution in [3.8, 4) is 17.2 Å². The molecule has 0 aromatic heterocycles. The van der Waals surface area contributed by atoms with E-state index < -0.39 is 23.9 Å². The van der Waals surface area contributed by atoms with Gasteiger partial charge in [0.2, 0.25) is 6.23 Å². The Bertz CT molecular complexity index is 1110. The van der Waals surface area contributed by atoms with Gasteiger partial charge in [0.25, 0.3) is 11.8 Å². The van der Waals surface area contributed by atoms with E-state index in [9.17, 15) is 14.0 Å². The second-order valence-corrected chi connectivity index (χ2v) is 6.57. The zero-order valence-electron chi connectivity index (χ0n) is 16.3. The predicted octanol–water partition coefficient (Wildman–Crippen LogP) is 4.22. The first kappa shape index (κ1) is 19.4. The molecule has 152 valence electrons. The van der Waals surface area contributed by atoms with Gasteiger partial charge in [-0.2, -0.15) is 0 Å². The summed E-state index contributed by atoms with van der Waals surface area (Å²) < 4.78 is 30.0. The van der Waals surface area contributed by atoms with Gasteiger partial charge in [0.05, 0.1) is 19.8 Å². The molecule has 3 aromatic carbocycles. The summed E-state index contributed by atoms with van der Waals surface area (Å²) in [6.45, 7) is 0. The molecule has 0 bridgehead atoms. The van der Waals surface area contributed by atoms with Crippen LogP contribution in [-0.4, -0.2) is 30.9 Å². The van der Waals surface area contributed by atoms with Gasteiger partial charge in [-0.1, -0.05) is 12.1 Å². The highest BCUT2D eigenvalue weighted by atomic mass is 19.1. The van der Waals surface area contributed by atoms with Gasteiger partial charge in [-0.15, -0.1) is 0 Å². The van der Waals surface area contributed by atoms with Gasteiger partial charge in [-0.25, -0.2) is 9.29 Å². The van der Waals surface area contributed by atoms with Crippen LogP contribution in [0.25, 0.3) is 0 Å². The van der Waals surface area contributed by atoms with Gasteiger partial charge in [0.1, 0.15) is 11.6 Å². The molecule has 2 amide bonds. The third-order valence-corrected chi connectivity index (χ3v) is 4.81. The average molecular weight is 407 g/mol. The summed E-state index contributed by atoms with van der Waals surface area (Å²) >= 11 is 0. The Morgan fingerprint density at radius 1 is 0.967 bits per heavy atom. The number of hydrogen-bond donors (Lipinski definition) is 0. The van der Waals surface area contributed by atoms with E-state index in [0.717, 1.165) is 4.90 Å². The second-order valence-electron chi connectivity index (χ2n) is 6.57. The Kier molecular flexibility index (Phi) is 5.10. The largest absolute Gasteiger partial charge is 0.493 e. The molecule has 7 heteroatoms. The first-order valence-corrected chi connectivity index (χ1v) is 9.14. The van der Waals surface area contributed by atoms with E-state index in [-0.39, 0.29) is 11.1 Å². The number of amides is 2. The van der Waals surface area contributed by atoms with E-state index in [4.69, 9.17) is 14.2 Å². The monoisotopic (exact) mass is 407 g/mol. The van der Waals surface area contributed by atoms with Crippen LogP contribution in [0.15, 0.2) is 66.7 Å². The van der Waals surface area contributed by atoms with Crippen molar-refractivity contribution in [2.24, 2.45) is 0 Å². The number of imide groups is 1. The van der Waals surface area contributed by atoms with Crippen LogP contribution < -0.4 is 14.2 Å². The van der Waals surface area contributed by atoms with Gasteiger partial charge in [-0.05, 0) is 54.6 Å². The van der Waals surface area contributed by atoms with Gasteiger partial charge in [0, 0.05) is 11.1 Å². The number of fused-ring (bicyclic) bond motifs is 1. The van der Waals surface area contributed by atoms with Crippen molar-refractivity contribution in [2.75, 3.05) is 14.2 Å². The molecule has 1 aliphatic heterocycles. The summed E-state index contributed by atoms with van der Waals surface area (Å²) in [5.74, 6) is -0.292. The van der Waals surface area contributed by atoms with Gasteiger partial charge >= 0.3 is 0 Å². The molecule has 1 atom stereocenters. The predicted molar refractivity (Wildman–Crippen MR) is 106 cm³/mol. The number of carbonyl (C=O) groups is 2.